The minimum atomic E-state index is 0.273. The van der Waals surface area contributed by atoms with E-state index in [1.165, 1.54) is 4.88 Å². The van der Waals surface area contributed by atoms with Crippen LogP contribution in [0.3, 0.4) is 0 Å². The fourth-order valence-corrected chi connectivity index (χ4v) is 3.37. The van der Waals surface area contributed by atoms with Gasteiger partial charge in [0.2, 0.25) is 0 Å². The summed E-state index contributed by atoms with van der Waals surface area (Å²) in [5.41, 5.74) is 3.15. The van der Waals surface area contributed by atoms with E-state index in [0.29, 0.717) is 5.92 Å². The predicted octanol–water partition coefficient (Wildman–Crippen LogP) is 5.31. The van der Waals surface area contributed by atoms with Gasteiger partial charge in [-0.05, 0) is 18.1 Å². The fraction of sp³-hybridized carbons (Fsp3) is 0.167. The van der Waals surface area contributed by atoms with E-state index in [0.717, 1.165) is 21.8 Å². The van der Waals surface area contributed by atoms with Gasteiger partial charge in [0.1, 0.15) is 10.8 Å². The average molecular weight is 295 g/mol. The van der Waals surface area contributed by atoms with Crippen LogP contribution in [0.25, 0.3) is 21.8 Å². The zero-order chi connectivity index (χ0) is 14.8. The number of aromatic hydroxyl groups is 1. The average Bonchev–Trinajstić information content (AvgIpc) is 2.93. The second kappa shape index (κ2) is 5.70. The molecule has 21 heavy (non-hydrogen) atoms. The first-order valence-electron chi connectivity index (χ1n) is 7.00. The van der Waals surface area contributed by atoms with Gasteiger partial charge in [0.05, 0.1) is 5.69 Å². The molecule has 0 saturated carbocycles. The van der Waals surface area contributed by atoms with Crippen molar-refractivity contribution in [2.75, 3.05) is 0 Å². The fourth-order valence-electron chi connectivity index (χ4n) is 2.29. The summed E-state index contributed by atoms with van der Waals surface area (Å²) >= 11 is 1.70. The molecule has 1 N–H and O–H groups in total. The van der Waals surface area contributed by atoms with E-state index in [2.05, 4.69) is 26.0 Å². The van der Waals surface area contributed by atoms with Crippen LogP contribution < -0.4 is 0 Å². The summed E-state index contributed by atoms with van der Waals surface area (Å²) in [5, 5.41) is 10.6. The van der Waals surface area contributed by atoms with Gasteiger partial charge in [-0.25, -0.2) is 4.98 Å². The van der Waals surface area contributed by atoms with Gasteiger partial charge in [0.25, 0.3) is 0 Å². The third-order valence-electron chi connectivity index (χ3n) is 3.32. The van der Waals surface area contributed by atoms with Gasteiger partial charge in [-0.15, -0.1) is 11.3 Å². The first kappa shape index (κ1) is 13.8. The highest BCUT2D eigenvalue weighted by Crippen LogP contribution is 2.38. The third-order valence-corrected chi connectivity index (χ3v) is 4.72. The van der Waals surface area contributed by atoms with Gasteiger partial charge < -0.3 is 5.11 Å². The Balaban J connectivity index is 2.13. The normalized spacial score (nSPS) is 11.0. The molecule has 3 aromatic rings. The lowest BCUT2D eigenvalue weighted by Crippen LogP contribution is -1.87. The van der Waals surface area contributed by atoms with Crippen molar-refractivity contribution in [2.24, 2.45) is 0 Å². The minimum Gasteiger partial charge on any atom is -0.508 e. The molecule has 106 valence electrons. The minimum absolute atomic E-state index is 0.273. The van der Waals surface area contributed by atoms with Gasteiger partial charge in [-0.1, -0.05) is 56.3 Å². The maximum atomic E-state index is 9.65. The predicted molar refractivity (Wildman–Crippen MR) is 88.7 cm³/mol. The van der Waals surface area contributed by atoms with E-state index < -0.39 is 0 Å². The van der Waals surface area contributed by atoms with E-state index >= 15 is 0 Å². The topological polar surface area (TPSA) is 33.1 Å². The maximum Gasteiger partial charge on any atom is 0.124 e. The van der Waals surface area contributed by atoms with Crippen molar-refractivity contribution in [3.63, 3.8) is 0 Å². The number of hydrogen-bond donors (Lipinski definition) is 1. The van der Waals surface area contributed by atoms with Crippen molar-refractivity contribution in [1.82, 2.24) is 4.98 Å². The largest absolute Gasteiger partial charge is 0.508 e. The molecule has 0 radical (unpaired) electrons. The van der Waals surface area contributed by atoms with E-state index in [4.69, 9.17) is 4.98 Å². The molecule has 0 fully saturated rings. The molecular formula is C18H17NOS. The summed E-state index contributed by atoms with van der Waals surface area (Å²) in [4.78, 5) is 6.10. The third kappa shape index (κ3) is 2.83. The van der Waals surface area contributed by atoms with Gasteiger partial charge in [-0.2, -0.15) is 0 Å². The lowest BCUT2D eigenvalue weighted by atomic mass is 10.1. The van der Waals surface area contributed by atoms with Crippen LogP contribution in [0.2, 0.25) is 0 Å². The zero-order valence-electron chi connectivity index (χ0n) is 12.1. The van der Waals surface area contributed by atoms with E-state index in [1.807, 2.05) is 30.3 Å². The number of hydrogen-bond acceptors (Lipinski definition) is 3. The second-order valence-corrected chi connectivity index (χ2v) is 6.33. The second-order valence-electron chi connectivity index (χ2n) is 5.30. The molecule has 0 amide bonds. The zero-order valence-corrected chi connectivity index (χ0v) is 12.9. The lowest BCUT2D eigenvalue weighted by molar-refractivity contribution is 0.475. The highest BCUT2D eigenvalue weighted by atomic mass is 32.1. The Morgan fingerprint density at radius 3 is 2.33 bits per heavy atom. The summed E-state index contributed by atoms with van der Waals surface area (Å²) in [5.74, 6) is 0.693. The van der Waals surface area contributed by atoms with Crippen LogP contribution in [0, 0.1) is 0 Å². The van der Waals surface area contributed by atoms with Crippen LogP contribution in [0.4, 0.5) is 0 Å². The highest BCUT2D eigenvalue weighted by Gasteiger charge is 2.16. The van der Waals surface area contributed by atoms with Gasteiger partial charge in [-0.3, -0.25) is 0 Å². The molecule has 1 aromatic heterocycles. The first-order valence-corrected chi connectivity index (χ1v) is 7.82. The Kier molecular flexibility index (Phi) is 3.76. The van der Waals surface area contributed by atoms with Crippen molar-refractivity contribution in [1.29, 1.82) is 0 Å². The smallest absolute Gasteiger partial charge is 0.124 e. The SMILES string of the molecule is CC(C)c1sc(-c2cccc(O)c2)nc1-c1ccccc1. The summed E-state index contributed by atoms with van der Waals surface area (Å²) in [6, 6.07) is 17.5. The summed E-state index contributed by atoms with van der Waals surface area (Å²) in [6.45, 7) is 4.37. The van der Waals surface area contributed by atoms with Crippen molar-refractivity contribution in [3.8, 4) is 27.6 Å². The van der Waals surface area contributed by atoms with E-state index in [9.17, 15) is 5.11 Å². The van der Waals surface area contributed by atoms with Gasteiger partial charge in [0, 0.05) is 16.0 Å². The molecule has 0 spiro atoms. The Bertz CT molecular complexity index is 747. The van der Waals surface area contributed by atoms with Crippen LogP contribution in [0.1, 0.15) is 24.6 Å². The van der Waals surface area contributed by atoms with Crippen LogP contribution in [0.15, 0.2) is 54.6 Å². The highest BCUT2D eigenvalue weighted by molar-refractivity contribution is 7.15. The van der Waals surface area contributed by atoms with Crippen LogP contribution in [-0.4, -0.2) is 10.1 Å². The monoisotopic (exact) mass is 295 g/mol. The summed E-state index contributed by atoms with van der Waals surface area (Å²) < 4.78 is 0. The maximum absolute atomic E-state index is 9.65. The first-order chi connectivity index (χ1) is 10.1. The molecule has 0 saturated heterocycles. The molecule has 2 nitrogen and oxygen atoms in total. The van der Waals surface area contributed by atoms with Crippen LogP contribution in [-0.2, 0) is 0 Å². The number of benzene rings is 2. The number of phenolic OH excluding ortho intramolecular Hbond substituents is 1. The molecule has 1 heterocycles. The standard InChI is InChI=1S/C18H17NOS/c1-12(2)17-16(13-7-4-3-5-8-13)19-18(21-17)14-9-6-10-15(20)11-14/h3-12,20H,1-2H3. The number of phenols is 1. The van der Waals surface area contributed by atoms with E-state index in [-0.39, 0.29) is 5.75 Å². The molecule has 0 aliphatic heterocycles. The summed E-state index contributed by atoms with van der Waals surface area (Å²) in [7, 11) is 0. The Labute approximate surface area is 128 Å². The molecule has 3 rings (SSSR count). The van der Waals surface area contributed by atoms with E-state index in [1.54, 1.807) is 23.5 Å². The van der Waals surface area contributed by atoms with Crippen LogP contribution in [0.5, 0.6) is 5.75 Å². The quantitative estimate of drug-likeness (QED) is 0.710. The molecule has 3 heteroatoms. The van der Waals surface area contributed by atoms with Crippen LogP contribution >= 0.6 is 11.3 Å². The van der Waals surface area contributed by atoms with Gasteiger partial charge >= 0.3 is 0 Å². The van der Waals surface area contributed by atoms with Gasteiger partial charge in [0.15, 0.2) is 0 Å². The number of thiazole rings is 1. The molecular weight excluding hydrogens is 278 g/mol. The lowest BCUT2D eigenvalue weighted by Gasteiger charge is -2.04. The number of rotatable bonds is 3. The number of aromatic nitrogens is 1. The molecule has 0 aliphatic rings. The summed E-state index contributed by atoms with van der Waals surface area (Å²) in [6.07, 6.45) is 0. The Morgan fingerprint density at radius 2 is 1.67 bits per heavy atom. The Hall–Kier alpha value is -2.13. The molecule has 0 bridgehead atoms. The van der Waals surface area contributed by atoms with Crippen molar-refractivity contribution >= 4 is 11.3 Å². The molecule has 0 atom stereocenters. The van der Waals surface area contributed by atoms with Crippen molar-refractivity contribution < 1.29 is 5.11 Å². The van der Waals surface area contributed by atoms with Crippen molar-refractivity contribution in [3.05, 3.63) is 59.5 Å². The molecule has 2 aromatic carbocycles. The molecule has 0 aliphatic carbocycles. The molecule has 0 unspecified atom stereocenters. The number of nitrogens with zero attached hydrogens (tertiary/aromatic N) is 1. The Morgan fingerprint density at radius 1 is 0.952 bits per heavy atom. The van der Waals surface area contributed by atoms with Crippen molar-refractivity contribution in [2.45, 2.75) is 19.8 Å².